The fourth-order valence-electron chi connectivity index (χ4n) is 1.79. The van der Waals surface area contributed by atoms with Gasteiger partial charge in [0.2, 0.25) is 5.91 Å². The highest BCUT2D eigenvalue weighted by Gasteiger charge is 2.17. The third-order valence-corrected chi connectivity index (χ3v) is 3.12. The van der Waals surface area contributed by atoms with E-state index in [4.69, 9.17) is 0 Å². The van der Waals surface area contributed by atoms with Crippen LogP contribution < -0.4 is 0 Å². The van der Waals surface area contributed by atoms with Gasteiger partial charge < -0.3 is 4.90 Å². The molecule has 0 aliphatic carbocycles. The quantitative estimate of drug-likeness (QED) is 0.696. The van der Waals surface area contributed by atoms with Gasteiger partial charge in [0.1, 0.15) is 0 Å². The average molecular weight is 254 g/mol. The number of nitrogens with zero attached hydrogens (tertiary/aromatic N) is 1. The van der Waals surface area contributed by atoms with E-state index >= 15 is 0 Å². The van der Waals surface area contributed by atoms with Crippen LogP contribution in [0.15, 0.2) is 22.7 Å². The lowest BCUT2D eigenvalue weighted by Crippen LogP contribution is -2.34. The molecule has 1 aliphatic heterocycles. The molecule has 0 saturated carbocycles. The lowest BCUT2D eigenvalue weighted by molar-refractivity contribution is -0.129. The molecular weight excluding hydrogens is 242 g/mol. The molecule has 1 aromatic carbocycles. The predicted octanol–water partition coefficient (Wildman–Crippen LogP) is 2.35. The number of amides is 1. The second kappa shape index (κ2) is 3.73. The molecule has 1 heterocycles. The standard InChI is InChI=1S/C11H12BrNO/c1-8(14)13-5-4-9-6-11(12)3-2-10(9)7-13/h2-3,6H,4-5,7H2,1H3. The molecule has 2 nitrogen and oxygen atoms in total. The Morgan fingerprint density at radius 3 is 2.93 bits per heavy atom. The van der Waals surface area contributed by atoms with E-state index in [1.807, 2.05) is 11.0 Å². The van der Waals surface area contributed by atoms with Gasteiger partial charge in [-0.05, 0) is 29.7 Å². The van der Waals surface area contributed by atoms with Crippen LogP contribution >= 0.6 is 15.9 Å². The van der Waals surface area contributed by atoms with Crippen molar-refractivity contribution < 1.29 is 4.79 Å². The molecule has 1 amide bonds. The van der Waals surface area contributed by atoms with Crippen molar-refractivity contribution in [1.82, 2.24) is 4.90 Å². The summed E-state index contributed by atoms with van der Waals surface area (Å²) in [6.45, 7) is 3.24. The highest BCUT2D eigenvalue weighted by atomic mass is 79.9. The van der Waals surface area contributed by atoms with E-state index in [-0.39, 0.29) is 5.91 Å². The van der Waals surface area contributed by atoms with Crippen LogP contribution in [0.1, 0.15) is 18.1 Å². The fourth-order valence-corrected chi connectivity index (χ4v) is 2.20. The van der Waals surface area contributed by atoms with E-state index in [9.17, 15) is 4.79 Å². The molecule has 14 heavy (non-hydrogen) atoms. The Balaban J connectivity index is 2.27. The number of hydrogen-bond donors (Lipinski definition) is 0. The first-order chi connectivity index (χ1) is 6.66. The molecule has 0 unspecified atom stereocenters. The predicted molar refractivity (Wildman–Crippen MR) is 58.9 cm³/mol. The first kappa shape index (κ1) is 9.71. The molecule has 0 saturated heterocycles. The maximum absolute atomic E-state index is 11.2. The smallest absolute Gasteiger partial charge is 0.219 e. The molecule has 2 rings (SSSR count). The Kier molecular flexibility index (Phi) is 2.59. The van der Waals surface area contributed by atoms with Crippen molar-refractivity contribution in [3.05, 3.63) is 33.8 Å². The van der Waals surface area contributed by atoms with Crippen LogP contribution in [0.4, 0.5) is 0 Å². The highest BCUT2D eigenvalue weighted by molar-refractivity contribution is 9.10. The number of carbonyl (C=O) groups excluding carboxylic acids is 1. The molecule has 0 N–H and O–H groups in total. The zero-order chi connectivity index (χ0) is 10.1. The van der Waals surface area contributed by atoms with E-state index in [2.05, 4.69) is 28.1 Å². The van der Waals surface area contributed by atoms with Crippen LogP contribution in [0.5, 0.6) is 0 Å². The van der Waals surface area contributed by atoms with Gasteiger partial charge in [-0.15, -0.1) is 0 Å². The molecular formula is C11H12BrNO. The monoisotopic (exact) mass is 253 g/mol. The van der Waals surface area contributed by atoms with Crippen LogP contribution in [0, 0.1) is 0 Å². The Hall–Kier alpha value is -0.830. The van der Waals surface area contributed by atoms with Crippen molar-refractivity contribution in [2.24, 2.45) is 0 Å². The zero-order valence-electron chi connectivity index (χ0n) is 8.09. The summed E-state index contributed by atoms with van der Waals surface area (Å²) in [5.41, 5.74) is 2.63. The third-order valence-electron chi connectivity index (χ3n) is 2.63. The summed E-state index contributed by atoms with van der Waals surface area (Å²) in [7, 11) is 0. The molecule has 1 aliphatic rings. The molecule has 0 radical (unpaired) electrons. The van der Waals surface area contributed by atoms with Crippen LogP contribution in [0.3, 0.4) is 0 Å². The summed E-state index contributed by atoms with van der Waals surface area (Å²) < 4.78 is 1.12. The van der Waals surface area contributed by atoms with Gasteiger partial charge >= 0.3 is 0 Å². The lowest BCUT2D eigenvalue weighted by atomic mass is 10.00. The van der Waals surface area contributed by atoms with E-state index in [1.54, 1.807) is 6.92 Å². The molecule has 1 aromatic rings. The van der Waals surface area contributed by atoms with E-state index < -0.39 is 0 Å². The summed E-state index contributed by atoms with van der Waals surface area (Å²) in [4.78, 5) is 13.1. The molecule has 0 atom stereocenters. The average Bonchev–Trinajstić information content (AvgIpc) is 2.16. The van der Waals surface area contributed by atoms with Crippen molar-refractivity contribution in [2.45, 2.75) is 19.9 Å². The molecule has 0 fully saturated rings. The minimum Gasteiger partial charge on any atom is -0.338 e. The molecule has 3 heteroatoms. The van der Waals surface area contributed by atoms with Crippen LogP contribution in [-0.2, 0) is 17.8 Å². The van der Waals surface area contributed by atoms with Crippen LogP contribution in [0.25, 0.3) is 0 Å². The summed E-state index contributed by atoms with van der Waals surface area (Å²) in [5, 5.41) is 0. The normalized spacial score (nSPS) is 15.1. The highest BCUT2D eigenvalue weighted by Crippen LogP contribution is 2.22. The van der Waals surface area contributed by atoms with Crippen LogP contribution in [0.2, 0.25) is 0 Å². The van der Waals surface area contributed by atoms with Crippen molar-refractivity contribution >= 4 is 21.8 Å². The molecule has 74 valence electrons. The van der Waals surface area contributed by atoms with Gasteiger partial charge in [0.25, 0.3) is 0 Å². The Labute approximate surface area is 92.0 Å². The second-order valence-corrected chi connectivity index (χ2v) is 4.52. The Morgan fingerprint density at radius 1 is 1.43 bits per heavy atom. The summed E-state index contributed by atoms with van der Waals surface area (Å²) in [5.74, 6) is 0.165. The lowest BCUT2D eigenvalue weighted by Gasteiger charge is -2.27. The van der Waals surface area contributed by atoms with Gasteiger partial charge in [-0.3, -0.25) is 4.79 Å². The van der Waals surface area contributed by atoms with E-state index in [1.165, 1.54) is 11.1 Å². The van der Waals surface area contributed by atoms with Gasteiger partial charge in [-0.2, -0.15) is 0 Å². The van der Waals surface area contributed by atoms with Crippen molar-refractivity contribution in [3.8, 4) is 0 Å². The summed E-state index contributed by atoms with van der Waals surface area (Å²) in [6, 6.07) is 6.27. The van der Waals surface area contributed by atoms with Crippen molar-refractivity contribution in [1.29, 1.82) is 0 Å². The van der Waals surface area contributed by atoms with Crippen molar-refractivity contribution in [3.63, 3.8) is 0 Å². The fraction of sp³-hybridized carbons (Fsp3) is 0.364. The first-order valence-electron chi connectivity index (χ1n) is 4.69. The number of carbonyl (C=O) groups is 1. The Morgan fingerprint density at radius 2 is 2.21 bits per heavy atom. The maximum Gasteiger partial charge on any atom is 0.219 e. The summed E-state index contributed by atoms with van der Waals surface area (Å²) in [6.07, 6.45) is 0.967. The minimum atomic E-state index is 0.165. The third kappa shape index (κ3) is 1.82. The molecule has 0 aromatic heterocycles. The van der Waals surface area contributed by atoms with Crippen molar-refractivity contribution in [2.75, 3.05) is 6.54 Å². The zero-order valence-corrected chi connectivity index (χ0v) is 9.67. The number of hydrogen-bond acceptors (Lipinski definition) is 1. The second-order valence-electron chi connectivity index (χ2n) is 3.60. The van der Waals surface area contributed by atoms with Gasteiger partial charge in [-0.1, -0.05) is 22.0 Å². The van der Waals surface area contributed by atoms with E-state index in [0.717, 1.165) is 24.0 Å². The largest absolute Gasteiger partial charge is 0.338 e. The van der Waals surface area contributed by atoms with Gasteiger partial charge in [-0.25, -0.2) is 0 Å². The van der Waals surface area contributed by atoms with E-state index in [0.29, 0.717) is 0 Å². The van der Waals surface area contributed by atoms with Gasteiger partial charge in [0.15, 0.2) is 0 Å². The molecule has 0 bridgehead atoms. The van der Waals surface area contributed by atoms with Crippen LogP contribution in [-0.4, -0.2) is 17.4 Å². The number of benzene rings is 1. The molecule has 0 spiro atoms. The van der Waals surface area contributed by atoms with Gasteiger partial charge in [0.05, 0.1) is 0 Å². The summed E-state index contributed by atoms with van der Waals surface area (Å²) >= 11 is 3.45. The number of rotatable bonds is 0. The van der Waals surface area contributed by atoms with Gasteiger partial charge in [0, 0.05) is 24.5 Å². The number of halogens is 1. The minimum absolute atomic E-state index is 0.165. The SMILES string of the molecule is CC(=O)N1CCc2cc(Br)ccc2C1. The topological polar surface area (TPSA) is 20.3 Å². The first-order valence-corrected chi connectivity index (χ1v) is 5.49. The Bertz CT molecular complexity index is 376. The number of fused-ring (bicyclic) bond motifs is 1. The maximum atomic E-state index is 11.2.